The van der Waals surface area contributed by atoms with E-state index >= 15 is 0 Å². The monoisotopic (exact) mass is 358 g/mol. The van der Waals surface area contributed by atoms with E-state index in [1.165, 1.54) is 32.1 Å². The van der Waals surface area contributed by atoms with Gasteiger partial charge in [0.15, 0.2) is 0 Å². The maximum atomic E-state index is 12.6. The first-order valence-electron chi connectivity index (χ1n) is 9.39. The van der Waals surface area contributed by atoms with Crippen LogP contribution in [0.4, 0.5) is 5.95 Å². The fourth-order valence-corrected chi connectivity index (χ4v) is 4.94. The van der Waals surface area contributed by atoms with Crippen LogP contribution in [-0.4, -0.2) is 39.6 Å². The van der Waals surface area contributed by atoms with Crippen molar-refractivity contribution < 1.29 is 4.79 Å². The lowest BCUT2D eigenvalue weighted by Gasteiger charge is -2.26. The van der Waals surface area contributed by atoms with E-state index < -0.39 is 0 Å². The summed E-state index contributed by atoms with van der Waals surface area (Å²) in [5, 5.41) is 6.54. The van der Waals surface area contributed by atoms with Crippen LogP contribution in [0.1, 0.15) is 44.6 Å². The van der Waals surface area contributed by atoms with Gasteiger partial charge in [-0.25, -0.2) is 4.98 Å². The maximum absolute atomic E-state index is 12.6. The number of aromatic nitrogens is 2. The summed E-state index contributed by atoms with van der Waals surface area (Å²) in [6.45, 7) is 0.989. The molecule has 1 amide bonds. The third-order valence-electron chi connectivity index (χ3n) is 5.22. The van der Waals surface area contributed by atoms with E-state index in [1.54, 1.807) is 0 Å². The summed E-state index contributed by atoms with van der Waals surface area (Å²) in [5.41, 5.74) is 2.10. The van der Waals surface area contributed by atoms with E-state index in [9.17, 15) is 4.79 Å². The van der Waals surface area contributed by atoms with Gasteiger partial charge < -0.3 is 9.88 Å². The van der Waals surface area contributed by atoms with E-state index in [0.717, 1.165) is 35.0 Å². The number of para-hydroxylation sites is 2. The number of nitrogens with one attached hydrogen (secondary N) is 2. The molecule has 0 spiro atoms. The summed E-state index contributed by atoms with van der Waals surface area (Å²) in [5.74, 6) is 2.93. The number of thioether (sulfide) groups is 1. The van der Waals surface area contributed by atoms with Crippen molar-refractivity contribution in [2.75, 3.05) is 23.4 Å². The van der Waals surface area contributed by atoms with Gasteiger partial charge in [0.2, 0.25) is 11.9 Å². The van der Waals surface area contributed by atoms with E-state index in [0.29, 0.717) is 12.5 Å². The van der Waals surface area contributed by atoms with Crippen molar-refractivity contribution in [2.24, 2.45) is 0 Å². The summed E-state index contributed by atoms with van der Waals surface area (Å²) >= 11 is 1.92. The molecule has 2 aromatic rings. The first-order chi connectivity index (χ1) is 12.3. The fourth-order valence-electron chi connectivity index (χ4n) is 3.99. The Morgan fingerprint density at radius 3 is 2.92 bits per heavy atom. The summed E-state index contributed by atoms with van der Waals surface area (Å²) in [6, 6.07) is 8.93. The molecule has 1 unspecified atom stereocenters. The Bertz CT molecular complexity index is 732. The molecule has 2 aliphatic rings. The van der Waals surface area contributed by atoms with Crippen molar-refractivity contribution in [3.8, 4) is 0 Å². The van der Waals surface area contributed by atoms with Crippen molar-refractivity contribution in [2.45, 2.75) is 50.6 Å². The van der Waals surface area contributed by atoms with E-state index in [4.69, 9.17) is 4.98 Å². The topological polar surface area (TPSA) is 59.0 Å². The average molecular weight is 359 g/mol. The lowest BCUT2D eigenvalue weighted by Crippen LogP contribution is -2.40. The molecule has 2 fully saturated rings. The molecule has 0 radical (unpaired) electrons. The highest BCUT2D eigenvalue weighted by molar-refractivity contribution is 7.99. The van der Waals surface area contributed by atoms with Crippen molar-refractivity contribution in [3.05, 3.63) is 24.3 Å². The number of nitrogens with zero attached hydrogens (tertiary/aromatic N) is 2. The first kappa shape index (κ1) is 16.9. The molecule has 0 bridgehead atoms. The van der Waals surface area contributed by atoms with Crippen LogP contribution in [0.5, 0.6) is 0 Å². The Morgan fingerprint density at radius 2 is 2.12 bits per heavy atom. The third kappa shape index (κ3) is 3.85. The zero-order valence-corrected chi connectivity index (χ0v) is 15.4. The maximum Gasteiger partial charge on any atom is 0.228 e. The number of carbonyl (C=O) groups excluding carboxylic acids is 1. The van der Waals surface area contributed by atoms with Crippen LogP contribution in [0, 0.1) is 0 Å². The van der Waals surface area contributed by atoms with Crippen molar-refractivity contribution in [1.82, 2.24) is 14.9 Å². The molecule has 25 heavy (non-hydrogen) atoms. The van der Waals surface area contributed by atoms with Gasteiger partial charge in [0.25, 0.3) is 0 Å². The molecule has 4 rings (SSSR count). The molecule has 134 valence electrons. The smallest absolute Gasteiger partial charge is 0.228 e. The minimum atomic E-state index is 0.0624. The molecule has 2 heterocycles. The van der Waals surface area contributed by atoms with Gasteiger partial charge in [-0.3, -0.25) is 10.1 Å². The molecule has 1 aromatic carbocycles. The molecule has 1 aliphatic carbocycles. The standard InChI is InChI=1S/C19H26N4OS/c24-18(12-14-13-25-11-10-20-14)22-19-21-16-8-4-5-9-17(16)23(19)15-6-2-1-3-7-15/h4-5,8-9,14-15,20H,1-3,6-7,10-13H2,(H,21,22,24). The Balaban J connectivity index is 1.56. The number of anilines is 1. The van der Waals surface area contributed by atoms with Gasteiger partial charge in [-0.2, -0.15) is 11.8 Å². The zero-order chi connectivity index (χ0) is 17.1. The number of hydrogen-bond donors (Lipinski definition) is 2. The van der Waals surface area contributed by atoms with Crippen LogP contribution < -0.4 is 10.6 Å². The highest BCUT2D eigenvalue weighted by Crippen LogP contribution is 2.34. The molecule has 2 N–H and O–H groups in total. The molecule has 1 aliphatic heterocycles. The lowest BCUT2D eigenvalue weighted by atomic mass is 9.95. The van der Waals surface area contributed by atoms with Crippen molar-refractivity contribution in [1.29, 1.82) is 0 Å². The average Bonchev–Trinajstić information content (AvgIpc) is 3.01. The van der Waals surface area contributed by atoms with E-state index in [1.807, 2.05) is 23.9 Å². The molecule has 1 atom stereocenters. The van der Waals surface area contributed by atoms with Gasteiger partial charge >= 0.3 is 0 Å². The van der Waals surface area contributed by atoms with Gasteiger partial charge in [-0.05, 0) is 25.0 Å². The number of benzene rings is 1. The van der Waals surface area contributed by atoms with Gasteiger partial charge in [0.1, 0.15) is 0 Å². The highest BCUT2D eigenvalue weighted by atomic mass is 32.2. The van der Waals surface area contributed by atoms with Crippen LogP contribution in [0.2, 0.25) is 0 Å². The molecular formula is C19H26N4OS. The normalized spacial score (nSPS) is 22.2. The number of fused-ring (bicyclic) bond motifs is 1. The van der Waals surface area contributed by atoms with Crippen LogP contribution in [0.25, 0.3) is 11.0 Å². The molecule has 1 saturated heterocycles. The zero-order valence-electron chi connectivity index (χ0n) is 14.5. The predicted molar refractivity (Wildman–Crippen MR) is 104 cm³/mol. The summed E-state index contributed by atoms with van der Waals surface area (Å²) in [6.07, 6.45) is 6.69. The largest absolute Gasteiger partial charge is 0.312 e. The molecule has 1 saturated carbocycles. The second-order valence-electron chi connectivity index (χ2n) is 7.06. The number of amides is 1. The molecule has 5 nitrogen and oxygen atoms in total. The Labute approximate surface area is 153 Å². The quantitative estimate of drug-likeness (QED) is 0.877. The third-order valence-corrected chi connectivity index (χ3v) is 6.35. The fraction of sp³-hybridized carbons (Fsp3) is 0.579. The first-order valence-corrected chi connectivity index (χ1v) is 10.5. The van der Waals surface area contributed by atoms with Crippen molar-refractivity contribution in [3.63, 3.8) is 0 Å². The molecule has 1 aromatic heterocycles. The highest BCUT2D eigenvalue weighted by Gasteiger charge is 2.23. The van der Waals surface area contributed by atoms with Gasteiger partial charge in [0, 0.05) is 36.6 Å². The molecular weight excluding hydrogens is 332 g/mol. The lowest BCUT2D eigenvalue weighted by molar-refractivity contribution is -0.116. The summed E-state index contributed by atoms with van der Waals surface area (Å²) < 4.78 is 2.27. The van der Waals surface area contributed by atoms with E-state index in [2.05, 4.69) is 27.3 Å². The minimum Gasteiger partial charge on any atom is -0.312 e. The number of rotatable bonds is 4. The van der Waals surface area contributed by atoms with Gasteiger partial charge in [0.05, 0.1) is 11.0 Å². The van der Waals surface area contributed by atoms with Crippen LogP contribution in [-0.2, 0) is 4.79 Å². The van der Waals surface area contributed by atoms with E-state index in [-0.39, 0.29) is 11.9 Å². The van der Waals surface area contributed by atoms with Crippen LogP contribution in [0.15, 0.2) is 24.3 Å². The van der Waals surface area contributed by atoms with Crippen LogP contribution in [0.3, 0.4) is 0 Å². The summed E-state index contributed by atoms with van der Waals surface area (Å²) in [4.78, 5) is 17.3. The SMILES string of the molecule is O=C(CC1CSCCN1)Nc1nc2ccccc2n1C1CCCCC1. The van der Waals surface area contributed by atoms with Gasteiger partial charge in [-0.15, -0.1) is 0 Å². The Kier molecular flexibility index (Phi) is 5.27. The Morgan fingerprint density at radius 1 is 1.28 bits per heavy atom. The second-order valence-corrected chi connectivity index (χ2v) is 8.21. The summed E-state index contributed by atoms with van der Waals surface area (Å²) in [7, 11) is 0. The molecule has 6 heteroatoms. The minimum absolute atomic E-state index is 0.0624. The van der Waals surface area contributed by atoms with Crippen LogP contribution >= 0.6 is 11.8 Å². The predicted octanol–water partition coefficient (Wildman–Crippen LogP) is 3.58. The number of hydrogen-bond acceptors (Lipinski definition) is 4. The van der Waals surface area contributed by atoms with Crippen molar-refractivity contribution >= 4 is 34.7 Å². The number of carbonyl (C=O) groups is 1. The Hall–Kier alpha value is -1.53. The second kappa shape index (κ2) is 7.79. The number of imidazole rings is 1. The van der Waals surface area contributed by atoms with Gasteiger partial charge in [-0.1, -0.05) is 31.4 Å².